The zero-order valence-corrected chi connectivity index (χ0v) is 14.1. The van der Waals surface area contributed by atoms with Gasteiger partial charge in [0.2, 0.25) is 0 Å². The number of anilines is 1. The van der Waals surface area contributed by atoms with E-state index < -0.39 is 0 Å². The highest BCUT2D eigenvalue weighted by Crippen LogP contribution is 2.18. The van der Waals surface area contributed by atoms with E-state index in [1.165, 1.54) is 11.3 Å². The van der Waals surface area contributed by atoms with E-state index in [1.807, 2.05) is 0 Å². The number of nitrogens with one attached hydrogen (secondary N) is 1. The lowest BCUT2D eigenvalue weighted by Crippen LogP contribution is -2.31. The van der Waals surface area contributed by atoms with Crippen molar-refractivity contribution < 1.29 is 0 Å². The minimum atomic E-state index is 0.535. The number of hydrogen-bond acceptors (Lipinski definition) is 2. The molecule has 0 bridgehead atoms. The molecule has 1 N–H and O–H groups in total. The van der Waals surface area contributed by atoms with E-state index in [4.69, 9.17) is 0 Å². The molecule has 20 heavy (non-hydrogen) atoms. The minimum Gasteiger partial charge on any atom is -0.371 e. The van der Waals surface area contributed by atoms with Crippen molar-refractivity contribution in [2.24, 2.45) is 11.8 Å². The van der Waals surface area contributed by atoms with Gasteiger partial charge in [-0.2, -0.15) is 0 Å². The number of benzene rings is 1. The van der Waals surface area contributed by atoms with E-state index in [9.17, 15) is 0 Å². The Labute approximate surface area is 125 Å². The van der Waals surface area contributed by atoms with Gasteiger partial charge in [-0.25, -0.2) is 0 Å². The van der Waals surface area contributed by atoms with E-state index in [1.54, 1.807) is 0 Å². The second-order valence-corrected chi connectivity index (χ2v) is 6.89. The van der Waals surface area contributed by atoms with Gasteiger partial charge in [-0.05, 0) is 29.5 Å². The van der Waals surface area contributed by atoms with E-state index in [0.29, 0.717) is 17.9 Å². The SMILES string of the molecule is CC(C)CN(CC(C)C)c1ccc(CNC(C)C)cc1. The van der Waals surface area contributed by atoms with Gasteiger partial charge >= 0.3 is 0 Å². The number of rotatable bonds is 8. The molecule has 0 aliphatic carbocycles. The third-order valence-corrected chi connectivity index (χ3v) is 3.19. The summed E-state index contributed by atoms with van der Waals surface area (Å²) in [4.78, 5) is 2.51. The fourth-order valence-corrected chi connectivity index (χ4v) is 2.31. The summed E-state index contributed by atoms with van der Waals surface area (Å²) >= 11 is 0. The summed E-state index contributed by atoms with van der Waals surface area (Å²) < 4.78 is 0. The van der Waals surface area contributed by atoms with Crippen LogP contribution in [0.4, 0.5) is 5.69 Å². The Morgan fingerprint density at radius 1 is 0.850 bits per heavy atom. The minimum absolute atomic E-state index is 0.535. The van der Waals surface area contributed by atoms with Crippen molar-refractivity contribution >= 4 is 5.69 Å². The van der Waals surface area contributed by atoms with Crippen molar-refractivity contribution in [1.29, 1.82) is 0 Å². The molecule has 0 saturated heterocycles. The summed E-state index contributed by atoms with van der Waals surface area (Å²) in [5.41, 5.74) is 2.71. The fraction of sp³-hybridized carbons (Fsp3) is 0.667. The maximum absolute atomic E-state index is 3.46. The molecule has 1 aromatic rings. The average Bonchev–Trinajstić information content (AvgIpc) is 2.35. The Morgan fingerprint density at radius 3 is 1.75 bits per heavy atom. The van der Waals surface area contributed by atoms with Crippen LogP contribution in [-0.2, 0) is 6.54 Å². The molecule has 0 amide bonds. The Hall–Kier alpha value is -1.02. The van der Waals surface area contributed by atoms with Crippen LogP contribution in [0.3, 0.4) is 0 Å². The first kappa shape index (κ1) is 17.0. The first-order chi connectivity index (χ1) is 9.38. The van der Waals surface area contributed by atoms with Crippen LogP contribution in [0.15, 0.2) is 24.3 Å². The third-order valence-electron chi connectivity index (χ3n) is 3.19. The van der Waals surface area contributed by atoms with Gasteiger partial charge in [-0.3, -0.25) is 0 Å². The van der Waals surface area contributed by atoms with Crippen LogP contribution >= 0.6 is 0 Å². The normalized spacial score (nSPS) is 11.7. The van der Waals surface area contributed by atoms with Gasteiger partial charge in [-0.1, -0.05) is 53.7 Å². The van der Waals surface area contributed by atoms with Crippen molar-refractivity contribution in [1.82, 2.24) is 5.32 Å². The molecule has 1 aromatic carbocycles. The van der Waals surface area contributed by atoms with Crippen LogP contribution in [0.25, 0.3) is 0 Å². The average molecular weight is 276 g/mol. The molecule has 2 heteroatoms. The van der Waals surface area contributed by atoms with Gasteiger partial charge in [0, 0.05) is 31.4 Å². The molecule has 0 saturated carbocycles. The van der Waals surface area contributed by atoms with Gasteiger partial charge in [0.25, 0.3) is 0 Å². The molecule has 0 aliphatic heterocycles. The molecular weight excluding hydrogens is 244 g/mol. The van der Waals surface area contributed by atoms with Gasteiger partial charge in [-0.15, -0.1) is 0 Å². The molecule has 0 radical (unpaired) electrons. The maximum atomic E-state index is 3.46. The van der Waals surface area contributed by atoms with Crippen molar-refractivity contribution in [3.05, 3.63) is 29.8 Å². The Balaban J connectivity index is 2.71. The maximum Gasteiger partial charge on any atom is 0.0366 e. The van der Waals surface area contributed by atoms with Crippen molar-refractivity contribution in [2.45, 2.75) is 54.1 Å². The fourth-order valence-electron chi connectivity index (χ4n) is 2.31. The summed E-state index contributed by atoms with van der Waals surface area (Å²) in [6, 6.07) is 9.56. The molecular formula is C18H32N2. The van der Waals surface area contributed by atoms with Crippen molar-refractivity contribution in [2.75, 3.05) is 18.0 Å². The second kappa shape index (κ2) is 8.31. The number of hydrogen-bond donors (Lipinski definition) is 1. The smallest absolute Gasteiger partial charge is 0.0366 e. The molecule has 0 aromatic heterocycles. The summed E-state index contributed by atoms with van der Waals surface area (Å²) in [6.45, 7) is 16.7. The molecule has 0 aliphatic rings. The standard InChI is InChI=1S/C18H32N2/c1-14(2)12-20(13-15(3)4)18-9-7-17(8-10-18)11-19-16(5)6/h7-10,14-16,19H,11-13H2,1-6H3. The third kappa shape index (κ3) is 6.42. The highest BCUT2D eigenvalue weighted by atomic mass is 15.1. The van der Waals surface area contributed by atoms with Crippen LogP contribution in [0, 0.1) is 11.8 Å². The second-order valence-electron chi connectivity index (χ2n) is 6.89. The summed E-state index contributed by atoms with van der Waals surface area (Å²) in [5.74, 6) is 1.38. The summed E-state index contributed by atoms with van der Waals surface area (Å²) in [7, 11) is 0. The largest absolute Gasteiger partial charge is 0.371 e. The summed E-state index contributed by atoms with van der Waals surface area (Å²) in [5, 5.41) is 3.46. The van der Waals surface area contributed by atoms with Gasteiger partial charge in [0.15, 0.2) is 0 Å². The first-order valence-corrected chi connectivity index (χ1v) is 7.95. The molecule has 0 unspecified atom stereocenters. The Kier molecular flexibility index (Phi) is 7.08. The van der Waals surface area contributed by atoms with E-state index in [-0.39, 0.29) is 0 Å². The highest BCUT2D eigenvalue weighted by Gasteiger charge is 2.10. The van der Waals surface area contributed by atoms with Gasteiger partial charge < -0.3 is 10.2 Å². The lowest BCUT2D eigenvalue weighted by Gasteiger charge is -2.28. The lowest BCUT2D eigenvalue weighted by molar-refractivity contribution is 0.552. The van der Waals surface area contributed by atoms with Crippen LogP contribution in [0.2, 0.25) is 0 Å². The zero-order chi connectivity index (χ0) is 15.1. The predicted octanol–water partition coefficient (Wildman–Crippen LogP) is 4.30. The van der Waals surface area contributed by atoms with Crippen LogP contribution in [-0.4, -0.2) is 19.1 Å². The Morgan fingerprint density at radius 2 is 1.35 bits per heavy atom. The number of nitrogens with zero attached hydrogens (tertiary/aromatic N) is 1. The monoisotopic (exact) mass is 276 g/mol. The van der Waals surface area contributed by atoms with Crippen LogP contribution in [0.1, 0.15) is 47.1 Å². The quantitative estimate of drug-likeness (QED) is 0.761. The zero-order valence-electron chi connectivity index (χ0n) is 14.1. The molecule has 2 nitrogen and oxygen atoms in total. The predicted molar refractivity (Wildman–Crippen MR) is 90.3 cm³/mol. The molecule has 0 fully saturated rings. The molecule has 0 heterocycles. The van der Waals surface area contributed by atoms with E-state index in [0.717, 1.165) is 19.6 Å². The first-order valence-electron chi connectivity index (χ1n) is 7.95. The highest BCUT2D eigenvalue weighted by molar-refractivity contribution is 5.47. The molecule has 114 valence electrons. The van der Waals surface area contributed by atoms with Crippen LogP contribution < -0.4 is 10.2 Å². The van der Waals surface area contributed by atoms with E-state index in [2.05, 4.69) is 76.0 Å². The van der Waals surface area contributed by atoms with Crippen molar-refractivity contribution in [3.8, 4) is 0 Å². The topological polar surface area (TPSA) is 15.3 Å². The van der Waals surface area contributed by atoms with E-state index >= 15 is 0 Å². The van der Waals surface area contributed by atoms with Gasteiger partial charge in [0.1, 0.15) is 0 Å². The van der Waals surface area contributed by atoms with Crippen molar-refractivity contribution in [3.63, 3.8) is 0 Å². The van der Waals surface area contributed by atoms with Gasteiger partial charge in [0.05, 0.1) is 0 Å². The molecule has 0 atom stereocenters. The molecule has 1 rings (SSSR count). The lowest BCUT2D eigenvalue weighted by atomic mass is 10.1. The summed E-state index contributed by atoms with van der Waals surface area (Å²) in [6.07, 6.45) is 0. The van der Waals surface area contributed by atoms with Crippen LogP contribution in [0.5, 0.6) is 0 Å². The Bertz CT molecular complexity index is 356. The molecule has 0 spiro atoms.